The first-order valence-electron chi connectivity index (χ1n) is 7.30. The monoisotopic (exact) mass is 293 g/mol. The van der Waals surface area contributed by atoms with E-state index < -0.39 is 5.60 Å². The van der Waals surface area contributed by atoms with Gasteiger partial charge in [0, 0.05) is 5.56 Å². The van der Waals surface area contributed by atoms with E-state index in [-0.39, 0.29) is 6.61 Å². The second-order valence-electron chi connectivity index (χ2n) is 5.62. The lowest BCUT2D eigenvalue weighted by Crippen LogP contribution is -2.37. The molecule has 1 aromatic rings. The molecular weight excluding hydrogens is 270 g/mol. The number of methoxy groups -OCH3 is 1. The minimum absolute atomic E-state index is 0.274. The first-order valence-corrected chi connectivity index (χ1v) is 7.30. The molecule has 0 unspecified atom stereocenters. The molecule has 2 N–H and O–H groups in total. The molecule has 0 atom stereocenters. The van der Waals surface area contributed by atoms with Gasteiger partial charge in [-0.1, -0.05) is 24.4 Å². The lowest BCUT2D eigenvalue weighted by atomic mass is 9.85. The number of rotatable bonds is 5. The molecule has 0 radical (unpaired) electrons. The third-order valence-electron chi connectivity index (χ3n) is 4.01. The van der Waals surface area contributed by atoms with Gasteiger partial charge in [0.2, 0.25) is 0 Å². The number of hydrogen-bond acceptors (Lipinski definition) is 5. The summed E-state index contributed by atoms with van der Waals surface area (Å²) >= 11 is 0. The molecule has 21 heavy (non-hydrogen) atoms. The van der Waals surface area contributed by atoms with E-state index in [0.717, 1.165) is 31.2 Å². The number of oxime groups is 1. The number of ether oxygens (including phenoxy) is 2. The van der Waals surface area contributed by atoms with Gasteiger partial charge in [-0.25, -0.2) is 0 Å². The highest BCUT2D eigenvalue weighted by atomic mass is 16.5. The maximum atomic E-state index is 10.5. The first kappa shape index (κ1) is 15.6. The summed E-state index contributed by atoms with van der Waals surface area (Å²) in [5.41, 5.74) is 0.536. The van der Waals surface area contributed by atoms with Crippen LogP contribution < -0.4 is 9.47 Å². The van der Waals surface area contributed by atoms with E-state index >= 15 is 0 Å². The standard InChI is InChI=1S/C16H23NO4/c1-12(17-19)13-6-7-14(15(10-13)20-2)21-11-16(18)8-4-3-5-9-16/h6-7,10,18-19H,3-5,8-9,11H2,1-2H3. The molecule has 5 heteroatoms. The summed E-state index contributed by atoms with van der Waals surface area (Å²) in [6.07, 6.45) is 4.83. The highest BCUT2D eigenvalue weighted by Gasteiger charge is 2.30. The number of aliphatic hydroxyl groups is 1. The SMILES string of the molecule is COc1cc(C(C)=NO)ccc1OCC1(O)CCCCC1. The van der Waals surface area contributed by atoms with Gasteiger partial charge in [0.05, 0.1) is 18.4 Å². The van der Waals surface area contributed by atoms with Crippen LogP contribution in [0.4, 0.5) is 0 Å². The summed E-state index contributed by atoms with van der Waals surface area (Å²) in [6, 6.07) is 5.34. The van der Waals surface area contributed by atoms with Crippen molar-refractivity contribution in [1.82, 2.24) is 0 Å². The van der Waals surface area contributed by atoms with Crippen molar-refractivity contribution >= 4 is 5.71 Å². The van der Waals surface area contributed by atoms with Crippen molar-refractivity contribution in [3.8, 4) is 11.5 Å². The largest absolute Gasteiger partial charge is 0.493 e. The molecule has 0 bridgehead atoms. The molecule has 1 aliphatic rings. The van der Waals surface area contributed by atoms with E-state index in [1.807, 2.05) is 0 Å². The van der Waals surface area contributed by atoms with Crippen molar-refractivity contribution < 1.29 is 19.8 Å². The van der Waals surface area contributed by atoms with Gasteiger partial charge in [-0.2, -0.15) is 0 Å². The molecule has 1 aromatic carbocycles. The molecule has 5 nitrogen and oxygen atoms in total. The fourth-order valence-electron chi connectivity index (χ4n) is 2.64. The van der Waals surface area contributed by atoms with E-state index in [1.54, 1.807) is 32.2 Å². The molecule has 0 aliphatic heterocycles. The van der Waals surface area contributed by atoms with Crippen molar-refractivity contribution in [3.05, 3.63) is 23.8 Å². The molecule has 116 valence electrons. The Balaban J connectivity index is 2.09. The van der Waals surface area contributed by atoms with Crippen LogP contribution in [0, 0.1) is 0 Å². The zero-order valence-electron chi connectivity index (χ0n) is 12.6. The van der Waals surface area contributed by atoms with Gasteiger partial charge in [-0.15, -0.1) is 0 Å². The van der Waals surface area contributed by atoms with Crippen LogP contribution in [0.3, 0.4) is 0 Å². The smallest absolute Gasteiger partial charge is 0.161 e. The van der Waals surface area contributed by atoms with Crippen LogP contribution in [-0.4, -0.2) is 35.3 Å². The van der Waals surface area contributed by atoms with Crippen molar-refractivity contribution in [2.24, 2.45) is 5.16 Å². The molecule has 2 rings (SSSR count). The van der Waals surface area contributed by atoms with Crippen LogP contribution in [0.1, 0.15) is 44.6 Å². The van der Waals surface area contributed by atoms with Crippen LogP contribution in [0.5, 0.6) is 11.5 Å². The predicted octanol–water partition coefficient (Wildman–Crippen LogP) is 2.97. The molecule has 1 aliphatic carbocycles. The van der Waals surface area contributed by atoms with E-state index in [4.69, 9.17) is 14.7 Å². The Morgan fingerprint density at radius 1 is 1.24 bits per heavy atom. The molecule has 0 spiro atoms. The van der Waals surface area contributed by atoms with Crippen LogP contribution >= 0.6 is 0 Å². The quantitative estimate of drug-likeness (QED) is 0.497. The fraction of sp³-hybridized carbons (Fsp3) is 0.562. The maximum Gasteiger partial charge on any atom is 0.161 e. The zero-order valence-corrected chi connectivity index (χ0v) is 12.6. The van der Waals surface area contributed by atoms with Gasteiger partial charge in [0.25, 0.3) is 0 Å². The third kappa shape index (κ3) is 3.88. The van der Waals surface area contributed by atoms with Gasteiger partial charge in [0.1, 0.15) is 6.61 Å². The molecule has 0 aromatic heterocycles. The minimum Gasteiger partial charge on any atom is -0.493 e. The van der Waals surface area contributed by atoms with Gasteiger partial charge >= 0.3 is 0 Å². The van der Waals surface area contributed by atoms with Crippen LogP contribution in [0.25, 0.3) is 0 Å². The number of benzene rings is 1. The summed E-state index contributed by atoms with van der Waals surface area (Å²) in [5.74, 6) is 1.15. The average molecular weight is 293 g/mol. The average Bonchev–Trinajstić information content (AvgIpc) is 2.52. The maximum absolute atomic E-state index is 10.5. The lowest BCUT2D eigenvalue weighted by Gasteiger charge is -2.31. The van der Waals surface area contributed by atoms with Gasteiger partial charge in [0.15, 0.2) is 11.5 Å². The molecule has 0 saturated heterocycles. The van der Waals surface area contributed by atoms with E-state index in [9.17, 15) is 5.11 Å². The first-order chi connectivity index (χ1) is 10.1. The molecule has 0 heterocycles. The predicted molar refractivity (Wildman–Crippen MR) is 80.5 cm³/mol. The Hall–Kier alpha value is -1.75. The van der Waals surface area contributed by atoms with Crippen LogP contribution in [0.2, 0.25) is 0 Å². The zero-order chi connectivity index (χ0) is 15.3. The Bertz CT molecular complexity index is 507. The van der Waals surface area contributed by atoms with Crippen molar-refractivity contribution in [1.29, 1.82) is 0 Å². The molecule has 1 saturated carbocycles. The third-order valence-corrected chi connectivity index (χ3v) is 4.01. The van der Waals surface area contributed by atoms with Gasteiger partial charge in [-0.05, 0) is 38.0 Å². The summed E-state index contributed by atoms with van der Waals surface area (Å²) in [6.45, 7) is 1.98. The summed E-state index contributed by atoms with van der Waals surface area (Å²) in [4.78, 5) is 0. The Kier molecular flexibility index (Phi) is 5.07. The van der Waals surface area contributed by atoms with Crippen LogP contribution in [-0.2, 0) is 0 Å². The summed E-state index contributed by atoms with van der Waals surface area (Å²) < 4.78 is 11.1. The normalized spacial score (nSPS) is 18.3. The second-order valence-corrected chi connectivity index (χ2v) is 5.62. The second kappa shape index (κ2) is 6.80. The van der Waals surface area contributed by atoms with Crippen LogP contribution in [0.15, 0.2) is 23.4 Å². The van der Waals surface area contributed by atoms with E-state index in [0.29, 0.717) is 17.2 Å². The van der Waals surface area contributed by atoms with E-state index in [2.05, 4.69) is 5.16 Å². The Morgan fingerprint density at radius 3 is 2.57 bits per heavy atom. The molecule has 1 fully saturated rings. The number of hydrogen-bond donors (Lipinski definition) is 2. The van der Waals surface area contributed by atoms with Crippen molar-refractivity contribution in [3.63, 3.8) is 0 Å². The lowest BCUT2D eigenvalue weighted by molar-refractivity contribution is -0.0343. The van der Waals surface area contributed by atoms with Gasteiger partial charge < -0.3 is 19.8 Å². The van der Waals surface area contributed by atoms with Gasteiger partial charge in [-0.3, -0.25) is 0 Å². The van der Waals surface area contributed by atoms with E-state index in [1.165, 1.54) is 6.42 Å². The summed E-state index contributed by atoms with van der Waals surface area (Å²) in [5, 5.41) is 22.4. The van der Waals surface area contributed by atoms with Crippen molar-refractivity contribution in [2.75, 3.05) is 13.7 Å². The Morgan fingerprint density at radius 2 is 1.95 bits per heavy atom. The topological polar surface area (TPSA) is 71.3 Å². The summed E-state index contributed by atoms with van der Waals surface area (Å²) in [7, 11) is 1.56. The van der Waals surface area contributed by atoms with Crippen molar-refractivity contribution in [2.45, 2.75) is 44.6 Å². The number of nitrogens with zero attached hydrogens (tertiary/aromatic N) is 1. The Labute approximate surface area is 125 Å². The highest BCUT2D eigenvalue weighted by Crippen LogP contribution is 2.32. The fourth-order valence-corrected chi connectivity index (χ4v) is 2.64. The molecular formula is C16H23NO4. The molecule has 0 amide bonds. The minimum atomic E-state index is -0.732. The highest BCUT2D eigenvalue weighted by molar-refractivity contribution is 5.98.